The summed E-state index contributed by atoms with van der Waals surface area (Å²) in [5, 5.41) is 3.65. The molecule has 0 amide bonds. The van der Waals surface area contributed by atoms with Gasteiger partial charge in [-0.1, -0.05) is 56.3 Å². The lowest BCUT2D eigenvalue weighted by Gasteiger charge is -2.19. The maximum Gasteiger partial charge on any atom is 0.0138 e. The summed E-state index contributed by atoms with van der Waals surface area (Å²) in [6.07, 6.45) is 3.57. The molecule has 1 N–H and O–H groups in total. The van der Waals surface area contributed by atoms with E-state index in [4.69, 9.17) is 0 Å². The van der Waals surface area contributed by atoms with E-state index in [-0.39, 0.29) is 0 Å². The molecule has 1 fully saturated rings. The zero-order chi connectivity index (χ0) is 13.0. The van der Waals surface area contributed by atoms with Crippen LogP contribution < -0.4 is 5.32 Å². The average molecular weight is 243 g/mol. The van der Waals surface area contributed by atoms with Gasteiger partial charge in [0.1, 0.15) is 0 Å². The van der Waals surface area contributed by atoms with Crippen molar-refractivity contribution in [2.45, 2.75) is 45.1 Å². The largest absolute Gasteiger partial charge is 0.314 e. The van der Waals surface area contributed by atoms with E-state index in [0.717, 1.165) is 31.2 Å². The molecule has 0 spiro atoms. The van der Waals surface area contributed by atoms with Gasteiger partial charge >= 0.3 is 0 Å². The van der Waals surface area contributed by atoms with Crippen LogP contribution in [0.4, 0.5) is 0 Å². The maximum atomic E-state index is 4.16. The summed E-state index contributed by atoms with van der Waals surface area (Å²) in [4.78, 5) is 0. The van der Waals surface area contributed by atoms with E-state index in [1.165, 1.54) is 17.6 Å². The van der Waals surface area contributed by atoms with Crippen LogP contribution in [0.1, 0.15) is 44.6 Å². The van der Waals surface area contributed by atoms with Gasteiger partial charge in [0.15, 0.2) is 0 Å². The number of nitrogens with one attached hydrogen (secondary N) is 1. The van der Waals surface area contributed by atoms with Gasteiger partial charge in [0.25, 0.3) is 0 Å². The second kappa shape index (κ2) is 6.19. The Labute approximate surface area is 111 Å². The number of benzene rings is 1. The van der Waals surface area contributed by atoms with E-state index < -0.39 is 0 Å². The fourth-order valence-electron chi connectivity index (χ4n) is 2.84. The summed E-state index contributed by atoms with van der Waals surface area (Å²) in [6, 6.07) is 11.6. The molecule has 98 valence electrons. The van der Waals surface area contributed by atoms with Crippen LogP contribution in [0.3, 0.4) is 0 Å². The lowest BCUT2D eigenvalue weighted by atomic mass is 9.98. The van der Waals surface area contributed by atoms with Gasteiger partial charge in [-0.3, -0.25) is 0 Å². The van der Waals surface area contributed by atoms with E-state index in [1.54, 1.807) is 0 Å². The third-order valence-corrected chi connectivity index (χ3v) is 4.06. The highest BCUT2D eigenvalue weighted by atomic mass is 14.9. The Morgan fingerprint density at radius 3 is 2.67 bits per heavy atom. The lowest BCUT2D eigenvalue weighted by Crippen LogP contribution is -2.31. The molecule has 1 saturated carbocycles. The molecule has 0 aromatic heterocycles. The van der Waals surface area contributed by atoms with Crippen LogP contribution in [-0.2, 0) is 0 Å². The smallest absolute Gasteiger partial charge is 0.0138 e. The number of hydrogen-bond acceptors (Lipinski definition) is 1. The zero-order valence-electron chi connectivity index (χ0n) is 11.7. The summed E-state index contributed by atoms with van der Waals surface area (Å²) in [5.74, 6) is 1.57. The van der Waals surface area contributed by atoms with Crippen molar-refractivity contribution in [3.63, 3.8) is 0 Å². The molecule has 0 aliphatic heterocycles. The second-order valence-electron chi connectivity index (χ2n) is 5.39. The average Bonchev–Trinajstić information content (AvgIpc) is 3.19. The quantitative estimate of drug-likeness (QED) is 0.710. The summed E-state index contributed by atoms with van der Waals surface area (Å²) in [5.41, 5.74) is 2.88. The van der Waals surface area contributed by atoms with Crippen molar-refractivity contribution in [1.82, 2.24) is 5.32 Å². The highest BCUT2D eigenvalue weighted by Gasteiger charge is 2.43. The Kier molecular flexibility index (Phi) is 4.60. The van der Waals surface area contributed by atoms with Crippen molar-refractivity contribution in [3.8, 4) is 0 Å². The van der Waals surface area contributed by atoms with Crippen LogP contribution >= 0.6 is 0 Å². The van der Waals surface area contributed by atoms with E-state index in [2.05, 4.69) is 56.1 Å². The lowest BCUT2D eigenvalue weighted by molar-refractivity contribution is 0.460. The van der Waals surface area contributed by atoms with E-state index in [9.17, 15) is 0 Å². The van der Waals surface area contributed by atoms with Crippen molar-refractivity contribution in [1.29, 1.82) is 0 Å². The molecule has 1 aromatic rings. The zero-order valence-corrected chi connectivity index (χ0v) is 11.7. The first-order valence-electron chi connectivity index (χ1n) is 7.21. The molecule has 0 radical (unpaired) electrons. The van der Waals surface area contributed by atoms with Gasteiger partial charge in [-0.2, -0.15) is 0 Å². The first-order valence-corrected chi connectivity index (χ1v) is 7.21. The van der Waals surface area contributed by atoms with Crippen molar-refractivity contribution < 1.29 is 0 Å². The highest BCUT2D eigenvalue weighted by molar-refractivity contribution is 5.27. The minimum atomic E-state index is 0.618. The molecule has 3 atom stereocenters. The summed E-state index contributed by atoms with van der Waals surface area (Å²) < 4.78 is 0. The first kappa shape index (κ1) is 13.4. The molecule has 1 aliphatic rings. The minimum Gasteiger partial charge on any atom is -0.314 e. The molecule has 3 unspecified atom stereocenters. The molecular formula is C17H25N. The minimum absolute atomic E-state index is 0.618. The molecule has 1 nitrogen and oxygen atoms in total. The molecule has 18 heavy (non-hydrogen) atoms. The van der Waals surface area contributed by atoms with Gasteiger partial charge in [-0.15, -0.1) is 0 Å². The van der Waals surface area contributed by atoms with E-state index in [0.29, 0.717) is 6.04 Å². The Morgan fingerprint density at radius 1 is 1.33 bits per heavy atom. The van der Waals surface area contributed by atoms with Crippen LogP contribution in [0, 0.1) is 5.92 Å². The molecular weight excluding hydrogens is 218 g/mol. The fourth-order valence-corrected chi connectivity index (χ4v) is 2.84. The van der Waals surface area contributed by atoms with E-state index in [1.807, 2.05) is 0 Å². The van der Waals surface area contributed by atoms with Crippen molar-refractivity contribution in [3.05, 3.63) is 48.0 Å². The maximum absolute atomic E-state index is 4.16. The first-order chi connectivity index (χ1) is 8.76. The molecule has 0 bridgehead atoms. The van der Waals surface area contributed by atoms with Gasteiger partial charge in [0.2, 0.25) is 0 Å². The molecule has 0 heterocycles. The Balaban J connectivity index is 1.96. The summed E-state index contributed by atoms with van der Waals surface area (Å²) >= 11 is 0. The van der Waals surface area contributed by atoms with Crippen molar-refractivity contribution in [2.24, 2.45) is 5.92 Å². The Hall–Kier alpha value is -1.08. The summed E-state index contributed by atoms with van der Waals surface area (Å²) in [7, 11) is 0. The number of rotatable bonds is 7. The molecule has 1 heteroatoms. The predicted octanol–water partition coefficient (Wildman–Crippen LogP) is 4.12. The van der Waals surface area contributed by atoms with Crippen LogP contribution in [0.2, 0.25) is 0 Å². The fraction of sp³-hybridized carbons (Fsp3) is 0.529. The normalized spacial score (nSPS) is 23.7. The SMILES string of the molecule is C=C(CC)CC(NCC)C1CC1c1ccccc1. The highest BCUT2D eigenvalue weighted by Crippen LogP contribution is 2.50. The van der Waals surface area contributed by atoms with E-state index >= 15 is 0 Å². The Morgan fingerprint density at radius 2 is 2.06 bits per heavy atom. The third-order valence-electron chi connectivity index (χ3n) is 4.06. The van der Waals surface area contributed by atoms with Gasteiger partial charge in [0.05, 0.1) is 0 Å². The molecule has 1 aromatic carbocycles. The van der Waals surface area contributed by atoms with Crippen LogP contribution in [0.25, 0.3) is 0 Å². The van der Waals surface area contributed by atoms with Crippen molar-refractivity contribution >= 4 is 0 Å². The van der Waals surface area contributed by atoms with Gasteiger partial charge in [0, 0.05) is 6.04 Å². The topological polar surface area (TPSA) is 12.0 Å². The summed E-state index contributed by atoms with van der Waals surface area (Å²) in [6.45, 7) is 9.62. The monoisotopic (exact) mass is 243 g/mol. The second-order valence-corrected chi connectivity index (χ2v) is 5.39. The van der Waals surface area contributed by atoms with Crippen molar-refractivity contribution in [2.75, 3.05) is 6.54 Å². The molecule has 2 rings (SSSR count). The predicted molar refractivity (Wildman–Crippen MR) is 78.8 cm³/mol. The van der Waals surface area contributed by atoms with Crippen LogP contribution in [0.15, 0.2) is 42.5 Å². The van der Waals surface area contributed by atoms with Gasteiger partial charge < -0.3 is 5.32 Å². The van der Waals surface area contributed by atoms with Crippen LogP contribution in [0.5, 0.6) is 0 Å². The Bertz CT molecular complexity index is 382. The number of hydrogen-bond donors (Lipinski definition) is 1. The van der Waals surface area contributed by atoms with Gasteiger partial charge in [-0.25, -0.2) is 0 Å². The van der Waals surface area contributed by atoms with Gasteiger partial charge in [-0.05, 0) is 43.2 Å². The third kappa shape index (κ3) is 3.23. The molecule has 0 saturated heterocycles. The van der Waals surface area contributed by atoms with Crippen LogP contribution in [-0.4, -0.2) is 12.6 Å². The molecule has 1 aliphatic carbocycles. The standard InChI is InChI=1S/C17H25N/c1-4-13(3)11-17(18-5-2)16-12-15(16)14-9-7-6-8-10-14/h6-10,15-18H,3-5,11-12H2,1-2H3.